The normalized spacial score (nSPS) is 11.1. The minimum absolute atomic E-state index is 0.189. The van der Waals surface area contributed by atoms with Gasteiger partial charge in [0, 0.05) is 13.1 Å². The van der Waals surface area contributed by atoms with E-state index in [1.807, 2.05) is 0 Å². The minimum atomic E-state index is -0.527. The van der Waals surface area contributed by atoms with Crippen molar-refractivity contribution in [3.05, 3.63) is 28.2 Å². The molecule has 0 aliphatic heterocycles. The third-order valence-electron chi connectivity index (χ3n) is 1.83. The molecule has 0 saturated heterocycles. The van der Waals surface area contributed by atoms with Crippen LogP contribution in [0, 0.1) is 0 Å². The molecule has 0 unspecified atom stereocenters. The number of aromatic nitrogens is 2. The van der Waals surface area contributed by atoms with Crippen molar-refractivity contribution in [1.82, 2.24) is 15.1 Å². The van der Waals surface area contributed by atoms with Crippen molar-refractivity contribution in [2.45, 2.75) is 32.9 Å². The molecule has 0 spiro atoms. The van der Waals surface area contributed by atoms with Crippen LogP contribution in [0.1, 0.15) is 26.5 Å². The molecular formula is C11H17N3O3. The van der Waals surface area contributed by atoms with Gasteiger partial charge in [0.2, 0.25) is 0 Å². The highest BCUT2D eigenvalue weighted by molar-refractivity contribution is 5.67. The first-order valence-electron chi connectivity index (χ1n) is 5.28. The second-order valence-electron chi connectivity index (χ2n) is 4.64. The number of rotatable bonds is 2. The lowest BCUT2D eigenvalue weighted by atomic mass is 10.2. The van der Waals surface area contributed by atoms with Crippen molar-refractivity contribution in [3.8, 4) is 0 Å². The summed E-state index contributed by atoms with van der Waals surface area (Å²) in [4.78, 5) is 22.4. The van der Waals surface area contributed by atoms with Crippen molar-refractivity contribution in [3.63, 3.8) is 0 Å². The van der Waals surface area contributed by atoms with Crippen LogP contribution in [0.4, 0.5) is 4.79 Å². The second kappa shape index (κ2) is 4.99. The molecular weight excluding hydrogens is 222 g/mol. The third kappa shape index (κ3) is 4.67. The molecule has 1 heterocycles. The Balaban J connectivity index is 2.53. The van der Waals surface area contributed by atoms with E-state index >= 15 is 0 Å². The SMILES string of the molecule is Cn1nc(CNC(=O)OC(C)(C)C)ccc1=O. The standard InChI is InChI=1S/C11H17N3O3/c1-11(2,3)17-10(16)12-7-8-5-6-9(15)14(4)13-8/h5-6H,7H2,1-4H3,(H,12,16). The van der Waals surface area contributed by atoms with Crippen LogP contribution in [-0.2, 0) is 18.3 Å². The Labute approximate surface area is 99.6 Å². The number of hydrogen-bond donors (Lipinski definition) is 1. The molecule has 6 heteroatoms. The van der Waals surface area contributed by atoms with Crippen molar-refractivity contribution >= 4 is 6.09 Å². The van der Waals surface area contributed by atoms with E-state index in [-0.39, 0.29) is 12.1 Å². The van der Waals surface area contributed by atoms with Gasteiger partial charge in [0.15, 0.2) is 0 Å². The lowest BCUT2D eigenvalue weighted by Gasteiger charge is -2.19. The Morgan fingerprint density at radius 2 is 2.12 bits per heavy atom. The van der Waals surface area contributed by atoms with E-state index in [1.54, 1.807) is 33.9 Å². The Kier molecular flexibility index (Phi) is 3.88. The number of ether oxygens (including phenoxy) is 1. The van der Waals surface area contributed by atoms with Crippen molar-refractivity contribution in [1.29, 1.82) is 0 Å². The second-order valence-corrected chi connectivity index (χ2v) is 4.64. The number of carbonyl (C=O) groups is 1. The summed E-state index contributed by atoms with van der Waals surface area (Å²) >= 11 is 0. The summed E-state index contributed by atoms with van der Waals surface area (Å²) in [5.41, 5.74) is -0.120. The van der Waals surface area contributed by atoms with Gasteiger partial charge in [-0.1, -0.05) is 0 Å². The van der Waals surface area contributed by atoms with Crippen molar-refractivity contribution in [2.24, 2.45) is 7.05 Å². The van der Waals surface area contributed by atoms with Gasteiger partial charge < -0.3 is 10.1 Å². The highest BCUT2D eigenvalue weighted by Crippen LogP contribution is 2.06. The van der Waals surface area contributed by atoms with Gasteiger partial charge in [-0.05, 0) is 26.8 Å². The molecule has 0 bridgehead atoms. The molecule has 1 aromatic heterocycles. The molecule has 17 heavy (non-hydrogen) atoms. The molecule has 0 fully saturated rings. The molecule has 1 rings (SSSR count). The molecule has 1 N–H and O–H groups in total. The van der Waals surface area contributed by atoms with Gasteiger partial charge >= 0.3 is 6.09 Å². The van der Waals surface area contributed by atoms with Gasteiger partial charge in [0.05, 0.1) is 12.2 Å². The van der Waals surface area contributed by atoms with E-state index in [0.717, 1.165) is 0 Å². The summed E-state index contributed by atoms with van der Waals surface area (Å²) in [7, 11) is 1.55. The smallest absolute Gasteiger partial charge is 0.407 e. The molecule has 6 nitrogen and oxygen atoms in total. The van der Waals surface area contributed by atoms with Crippen LogP contribution in [0.5, 0.6) is 0 Å². The van der Waals surface area contributed by atoms with Gasteiger partial charge in [-0.25, -0.2) is 9.48 Å². The zero-order chi connectivity index (χ0) is 13.1. The number of aryl methyl sites for hydroxylation is 1. The predicted octanol–water partition coefficient (Wildman–Crippen LogP) is 0.805. The quantitative estimate of drug-likeness (QED) is 0.828. The summed E-state index contributed by atoms with van der Waals surface area (Å²) in [6.07, 6.45) is -0.506. The zero-order valence-corrected chi connectivity index (χ0v) is 10.5. The maximum absolute atomic E-state index is 11.4. The molecule has 0 aromatic carbocycles. The highest BCUT2D eigenvalue weighted by atomic mass is 16.6. The van der Waals surface area contributed by atoms with Crippen LogP contribution < -0.4 is 10.9 Å². The van der Waals surface area contributed by atoms with Crippen molar-refractivity contribution in [2.75, 3.05) is 0 Å². The van der Waals surface area contributed by atoms with Gasteiger partial charge in [0.1, 0.15) is 5.60 Å². The van der Waals surface area contributed by atoms with Crippen molar-refractivity contribution < 1.29 is 9.53 Å². The van der Waals surface area contributed by atoms with E-state index in [4.69, 9.17) is 4.74 Å². The maximum atomic E-state index is 11.4. The van der Waals surface area contributed by atoms with Crippen LogP contribution in [0.2, 0.25) is 0 Å². The summed E-state index contributed by atoms with van der Waals surface area (Å²) in [6, 6.07) is 2.97. The Hall–Kier alpha value is -1.85. The number of nitrogens with one attached hydrogen (secondary N) is 1. The zero-order valence-electron chi connectivity index (χ0n) is 10.5. The number of hydrogen-bond acceptors (Lipinski definition) is 4. The maximum Gasteiger partial charge on any atom is 0.407 e. The van der Waals surface area contributed by atoms with Crippen LogP contribution >= 0.6 is 0 Å². The third-order valence-corrected chi connectivity index (χ3v) is 1.83. The fourth-order valence-corrected chi connectivity index (χ4v) is 1.12. The van der Waals surface area contributed by atoms with Crippen LogP contribution in [0.25, 0.3) is 0 Å². The van der Waals surface area contributed by atoms with E-state index < -0.39 is 11.7 Å². The molecule has 0 aliphatic rings. The van der Waals surface area contributed by atoms with Crippen LogP contribution in [0.3, 0.4) is 0 Å². The predicted molar refractivity (Wildman–Crippen MR) is 62.6 cm³/mol. The Morgan fingerprint density at radius 3 is 2.65 bits per heavy atom. The number of alkyl carbamates (subject to hydrolysis) is 1. The minimum Gasteiger partial charge on any atom is -0.444 e. The van der Waals surface area contributed by atoms with E-state index in [1.165, 1.54) is 10.7 Å². The van der Waals surface area contributed by atoms with Gasteiger partial charge in [-0.15, -0.1) is 0 Å². The van der Waals surface area contributed by atoms with Gasteiger partial charge in [0.25, 0.3) is 5.56 Å². The Morgan fingerprint density at radius 1 is 1.47 bits per heavy atom. The number of carbonyl (C=O) groups excluding carboxylic acids is 1. The lowest BCUT2D eigenvalue weighted by molar-refractivity contribution is 0.0522. The summed E-state index contributed by atoms with van der Waals surface area (Å²) < 4.78 is 6.28. The summed E-state index contributed by atoms with van der Waals surface area (Å²) in [5.74, 6) is 0. The van der Waals surface area contributed by atoms with Gasteiger partial charge in [-0.3, -0.25) is 4.79 Å². The first kappa shape index (κ1) is 13.2. The topological polar surface area (TPSA) is 73.2 Å². The number of nitrogens with zero attached hydrogens (tertiary/aromatic N) is 2. The van der Waals surface area contributed by atoms with Gasteiger partial charge in [-0.2, -0.15) is 5.10 Å². The molecule has 1 amide bonds. The van der Waals surface area contributed by atoms with E-state index in [2.05, 4.69) is 10.4 Å². The number of amides is 1. The molecule has 0 atom stereocenters. The first-order chi connectivity index (χ1) is 7.78. The molecule has 94 valence electrons. The average molecular weight is 239 g/mol. The highest BCUT2D eigenvalue weighted by Gasteiger charge is 2.15. The lowest BCUT2D eigenvalue weighted by Crippen LogP contribution is -2.32. The summed E-state index contributed by atoms with van der Waals surface area (Å²) in [6.45, 7) is 5.59. The van der Waals surface area contributed by atoms with E-state index in [9.17, 15) is 9.59 Å². The summed E-state index contributed by atoms with van der Waals surface area (Å²) in [5, 5.41) is 6.54. The van der Waals surface area contributed by atoms with E-state index in [0.29, 0.717) is 5.69 Å². The first-order valence-corrected chi connectivity index (χ1v) is 5.28. The van der Waals surface area contributed by atoms with Crippen LogP contribution in [0.15, 0.2) is 16.9 Å². The largest absolute Gasteiger partial charge is 0.444 e. The average Bonchev–Trinajstić information content (AvgIpc) is 2.17. The molecule has 0 radical (unpaired) electrons. The molecule has 0 saturated carbocycles. The monoisotopic (exact) mass is 239 g/mol. The Bertz CT molecular complexity index is 460. The fraction of sp³-hybridized carbons (Fsp3) is 0.545. The van der Waals surface area contributed by atoms with Crippen LogP contribution in [-0.4, -0.2) is 21.5 Å². The fourth-order valence-electron chi connectivity index (χ4n) is 1.12. The molecule has 0 aliphatic carbocycles. The molecule has 1 aromatic rings.